The third-order valence-corrected chi connectivity index (χ3v) is 2.95. The first-order valence-electron chi connectivity index (χ1n) is 6.10. The quantitative estimate of drug-likeness (QED) is 0.834. The Labute approximate surface area is 125 Å². The Morgan fingerprint density at radius 2 is 1.85 bits per heavy atom. The Balaban J connectivity index is 0.00000361. The van der Waals surface area contributed by atoms with Crippen LogP contribution in [0.4, 0.5) is 0 Å². The second-order valence-corrected chi connectivity index (χ2v) is 4.53. The maximum Gasteiger partial charge on any atom is 0.310 e. The van der Waals surface area contributed by atoms with Crippen molar-refractivity contribution in [2.75, 3.05) is 20.7 Å². The van der Waals surface area contributed by atoms with Gasteiger partial charge in [-0.3, -0.25) is 9.59 Å². The molecule has 2 N–H and O–H groups in total. The van der Waals surface area contributed by atoms with Crippen molar-refractivity contribution in [3.63, 3.8) is 0 Å². The molecule has 0 aliphatic carbocycles. The number of amides is 1. The third-order valence-electron chi connectivity index (χ3n) is 2.95. The maximum atomic E-state index is 12.1. The van der Waals surface area contributed by atoms with E-state index in [1.807, 2.05) is 18.2 Å². The molecule has 0 heterocycles. The Hall–Kier alpha value is -1.59. The zero-order valence-corrected chi connectivity index (χ0v) is 12.7. The first-order valence-corrected chi connectivity index (χ1v) is 6.10. The van der Waals surface area contributed by atoms with Gasteiger partial charge in [-0.1, -0.05) is 37.3 Å². The third kappa shape index (κ3) is 4.83. The van der Waals surface area contributed by atoms with Crippen LogP contribution in [0.15, 0.2) is 30.3 Å². The first-order chi connectivity index (χ1) is 8.97. The van der Waals surface area contributed by atoms with Crippen LogP contribution in [0.5, 0.6) is 0 Å². The number of methoxy groups -OCH3 is 1. The van der Waals surface area contributed by atoms with Crippen LogP contribution in [-0.2, 0) is 14.3 Å². The lowest BCUT2D eigenvalue weighted by molar-refractivity contribution is -0.146. The van der Waals surface area contributed by atoms with Crippen molar-refractivity contribution < 1.29 is 14.3 Å². The number of esters is 1. The van der Waals surface area contributed by atoms with Crippen molar-refractivity contribution in [3.05, 3.63) is 35.9 Å². The summed E-state index contributed by atoms with van der Waals surface area (Å²) in [6.45, 7) is 2.00. The average molecular weight is 301 g/mol. The Kier molecular flexibility index (Phi) is 7.87. The summed E-state index contributed by atoms with van der Waals surface area (Å²) in [5.41, 5.74) is 6.67. The second kappa shape index (κ2) is 8.55. The van der Waals surface area contributed by atoms with E-state index >= 15 is 0 Å². The number of carbonyl (C=O) groups excluding carboxylic acids is 2. The van der Waals surface area contributed by atoms with Crippen LogP contribution in [0, 0.1) is 5.92 Å². The molecular formula is C14H21ClN2O3. The highest BCUT2D eigenvalue weighted by molar-refractivity contribution is 5.85. The van der Waals surface area contributed by atoms with Gasteiger partial charge in [-0.25, -0.2) is 0 Å². The molecule has 0 aromatic heterocycles. The van der Waals surface area contributed by atoms with E-state index in [2.05, 4.69) is 4.74 Å². The highest BCUT2D eigenvalue weighted by Crippen LogP contribution is 2.13. The fourth-order valence-corrected chi connectivity index (χ4v) is 1.82. The number of hydrogen-bond acceptors (Lipinski definition) is 4. The van der Waals surface area contributed by atoms with Gasteiger partial charge in [0.25, 0.3) is 0 Å². The summed E-state index contributed by atoms with van der Waals surface area (Å²) in [7, 11) is 2.96. The zero-order valence-electron chi connectivity index (χ0n) is 11.9. The molecule has 1 amide bonds. The molecule has 1 aromatic carbocycles. The van der Waals surface area contributed by atoms with Crippen molar-refractivity contribution in [2.45, 2.75) is 13.0 Å². The van der Waals surface area contributed by atoms with E-state index in [4.69, 9.17) is 5.73 Å². The van der Waals surface area contributed by atoms with Crippen molar-refractivity contribution in [1.29, 1.82) is 0 Å². The summed E-state index contributed by atoms with van der Waals surface area (Å²) in [6.07, 6.45) is 0. The van der Waals surface area contributed by atoms with Gasteiger partial charge in [0, 0.05) is 13.6 Å². The van der Waals surface area contributed by atoms with E-state index in [0.29, 0.717) is 0 Å². The number of likely N-dealkylation sites (N-methyl/N-ethyl adjacent to an activating group) is 1. The van der Waals surface area contributed by atoms with Crippen molar-refractivity contribution in [3.8, 4) is 0 Å². The number of ether oxygens (including phenoxy) is 1. The molecule has 0 bridgehead atoms. The fraction of sp³-hybridized carbons (Fsp3) is 0.429. The number of benzene rings is 1. The minimum absolute atomic E-state index is 0. The summed E-state index contributed by atoms with van der Waals surface area (Å²) in [5.74, 6) is -0.934. The minimum atomic E-state index is -0.712. The maximum absolute atomic E-state index is 12.1. The summed E-state index contributed by atoms with van der Waals surface area (Å²) in [5, 5.41) is 0. The van der Waals surface area contributed by atoms with E-state index < -0.39 is 6.04 Å². The van der Waals surface area contributed by atoms with Crippen LogP contribution in [0.2, 0.25) is 0 Å². The number of rotatable bonds is 5. The number of halogens is 1. The van der Waals surface area contributed by atoms with Crippen molar-refractivity contribution >= 4 is 24.3 Å². The molecule has 0 radical (unpaired) electrons. The largest absolute Gasteiger partial charge is 0.469 e. The van der Waals surface area contributed by atoms with Gasteiger partial charge in [-0.15, -0.1) is 12.4 Å². The molecule has 1 rings (SSSR count). The van der Waals surface area contributed by atoms with Gasteiger partial charge >= 0.3 is 5.97 Å². The second-order valence-electron chi connectivity index (χ2n) is 4.53. The molecule has 20 heavy (non-hydrogen) atoms. The average Bonchev–Trinajstić information content (AvgIpc) is 2.45. The molecule has 1 aromatic rings. The lowest BCUT2D eigenvalue weighted by Crippen LogP contribution is -2.39. The normalized spacial score (nSPS) is 12.8. The molecule has 2 atom stereocenters. The standard InChI is InChI=1S/C14H20N2O3.ClH/c1-10(14(18)19-3)9-16(2)13(17)12(15)11-7-5-4-6-8-11;/h4-8,10,12H,9,15H2,1-3H3;1H. The van der Waals surface area contributed by atoms with Gasteiger partial charge in [-0.2, -0.15) is 0 Å². The van der Waals surface area contributed by atoms with Gasteiger partial charge in [0.05, 0.1) is 13.0 Å². The van der Waals surface area contributed by atoms with Crippen LogP contribution in [0.3, 0.4) is 0 Å². The van der Waals surface area contributed by atoms with Gasteiger partial charge in [0.1, 0.15) is 6.04 Å². The van der Waals surface area contributed by atoms with E-state index in [0.717, 1.165) is 5.56 Å². The van der Waals surface area contributed by atoms with E-state index in [9.17, 15) is 9.59 Å². The molecule has 0 saturated carbocycles. The number of nitrogens with two attached hydrogens (primary N) is 1. The van der Waals surface area contributed by atoms with E-state index in [-0.39, 0.29) is 36.7 Å². The highest BCUT2D eigenvalue weighted by Gasteiger charge is 2.23. The predicted molar refractivity (Wildman–Crippen MR) is 79.4 cm³/mol. The molecule has 112 valence electrons. The number of hydrogen-bond donors (Lipinski definition) is 1. The topological polar surface area (TPSA) is 72.6 Å². The smallest absolute Gasteiger partial charge is 0.310 e. The van der Waals surface area contributed by atoms with E-state index in [1.54, 1.807) is 26.1 Å². The lowest BCUT2D eigenvalue weighted by atomic mass is 10.1. The molecular weight excluding hydrogens is 280 g/mol. The number of nitrogens with zero attached hydrogens (tertiary/aromatic N) is 1. The summed E-state index contributed by atoms with van der Waals surface area (Å²) >= 11 is 0. The Morgan fingerprint density at radius 3 is 2.35 bits per heavy atom. The molecule has 0 aliphatic heterocycles. The highest BCUT2D eigenvalue weighted by atomic mass is 35.5. The molecule has 0 fully saturated rings. The SMILES string of the molecule is COC(=O)C(C)CN(C)C(=O)C(N)c1ccccc1.Cl. The molecule has 6 heteroatoms. The number of carbonyl (C=O) groups is 2. The summed E-state index contributed by atoms with van der Waals surface area (Å²) in [4.78, 5) is 24.9. The van der Waals surface area contributed by atoms with Crippen LogP contribution in [-0.4, -0.2) is 37.5 Å². The predicted octanol–water partition coefficient (Wildman–Crippen LogP) is 1.38. The summed E-state index contributed by atoms with van der Waals surface area (Å²) < 4.78 is 4.63. The molecule has 0 aliphatic rings. The van der Waals surface area contributed by atoms with Gasteiger partial charge in [0.15, 0.2) is 0 Å². The van der Waals surface area contributed by atoms with Gasteiger partial charge in [-0.05, 0) is 5.56 Å². The monoisotopic (exact) mass is 300 g/mol. The van der Waals surface area contributed by atoms with Crippen molar-refractivity contribution in [2.24, 2.45) is 11.7 Å². The Bertz CT molecular complexity index is 439. The lowest BCUT2D eigenvalue weighted by Gasteiger charge is -2.23. The van der Waals surface area contributed by atoms with Crippen LogP contribution < -0.4 is 5.73 Å². The fourth-order valence-electron chi connectivity index (χ4n) is 1.82. The molecule has 5 nitrogen and oxygen atoms in total. The minimum Gasteiger partial charge on any atom is -0.469 e. The summed E-state index contributed by atoms with van der Waals surface area (Å²) in [6, 6.07) is 8.43. The van der Waals surface area contributed by atoms with Crippen molar-refractivity contribution in [1.82, 2.24) is 4.90 Å². The van der Waals surface area contributed by atoms with Gasteiger partial charge < -0.3 is 15.4 Å². The molecule has 2 unspecified atom stereocenters. The zero-order chi connectivity index (χ0) is 14.4. The Morgan fingerprint density at radius 1 is 1.30 bits per heavy atom. The van der Waals surface area contributed by atoms with Crippen LogP contribution >= 0.6 is 12.4 Å². The first kappa shape index (κ1) is 18.4. The van der Waals surface area contributed by atoms with Crippen LogP contribution in [0.25, 0.3) is 0 Å². The van der Waals surface area contributed by atoms with E-state index in [1.165, 1.54) is 12.0 Å². The van der Waals surface area contributed by atoms with Crippen LogP contribution in [0.1, 0.15) is 18.5 Å². The van der Waals surface area contributed by atoms with Gasteiger partial charge in [0.2, 0.25) is 5.91 Å². The molecule has 0 saturated heterocycles. The molecule has 0 spiro atoms.